The van der Waals surface area contributed by atoms with Crippen molar-refractivity contribution in [3.63, 3.8) is 0 Å². The Hall–Kier alpha value is -6.06. The van der Waals surface area contributed by atoms with E-state index in [1.165, 1.54) is 98.1 Å². The van der Waals surface area contributed by atoms with Gasteiger partial charge in [0.05, 0.1) is 11.0 Å². The Morgan fingerprint density at radius 2 is 1.08 bits per heavy atom. The van der Waals surface area contributed by atoms with Crippen LogP contribution in [0.3, 0.4) is 0 Å². The summed E-state index contributed by atoms with van der Waals surface area (Å²) in [6.45, 7) is 0. The number of rotatable bonds is 2. The molecule has 10 aromatic rings. The maximum Gasteiger partial charge on any atom is 0.137 e. The van der Waals surface area contributed by atoms with E-state index in [0.717, 1.165) is 38.8 Å². The van der Waals surface area contributed by atoms with Crippen molar-refractivity contribution in [2.24, 2.45) is 0 Å². The van der Waals surface area contributed by atoms with Crippen molar-refractivity contribution in [3.05, 3.63) is 151 Å². The van der Waals surface area contributed by atoms with Gasteiger partial charge in [0, 0.05) is 49.5 Å². The van der Waals surface area contributed by atoms with Gasteiger partial charge < -0.3 is 13.4 Å². The first-order chi connectivity index (χ1) is 25.2. The van der Waals surface area contributed by atoms with Gasteiger partial charge in [-0.2, -0.15) is 0 Å². The summed E-state index contributed by atoms with van der Waals surface area (Å²) in [4.78, 5) is 0. The maximum atomic E-state index is 6.58. The summed E-state index contributed by atoms with van der Waals surface area (Å²) in [7, 11) is 0. The summed E-state index contributed by atoms with van der Waals surface area (Å²) in [6.07, 6.45) is 6.36. The van der Waals surface area contributed by atoms with Crippen LogP contribution in [0.2, 0.25) is 0 Å². The van der Waals surface area contributed by atoms with Gasteiger partial charge in [0.2, 0.25) is 0 Å². The maximum absolute atomic E-state index is 6.58. The van der Waals surface area contributed by atoms with Crippen molar-refractivity contribution in [2.45, 2.75) is 37.5 Å². The molecule has 3 aromatic heterocycles. The van der Waals surface area contributed by atoms with Gasteiger partial charge in [0.1, 0.15) is 22.3 Å². The molecule has 0 saturated heterocycles. The molecule has 51 heavy (non-hydrogen) atoms. The van der Waals surface area contributed by atoms with Crippen LogP contribution in [0.5, 0.6) is 0 Å². The average molecular weight is 656 g/mol. The standard InChI is InChI=1S/C48H33NO2/c1-8-22-48(23-9-1)40-13-5-2-10-32(40)36-28-47-39(27-41(36)48)38-25-30(17-21-45(38)51-47)29-16-20-43-37(24-29)33-11-3-6-14-42(33)49(43)31-18-19-35-34-12-4-7-15-44(34)50-46(35)26-31/h2-7,10-21,24-28H,1,8-9,22-23H2. The molecule has 0 unspecified atom stereocenters. The van der Waals surface area contributed by atoms with Crippen LogP contribution >= 0.6 is 0 Å². The van der Waals surface area contributed by atoms with Crippen molar-refractivity contribution >= 4 is 65.7 Å². The Kier molecular flexibility index (Phi) is 5.45. The van der Waals surface area contributed by atoms with E-state index < -0.39 is 0 Å². The molecule has 0 aliphatic heterocycles. The SMILES string of the molecule is c1ccc2c(c1)-c1cc3oc4ccc(-c5ccc6c(c5)c5ccccc5n6-c5ccc6c(c5)oc5ccccc56)cc4c3cc1C21CCCCC1. The molecule has 3 nitrogen and oxygen atoms in total. The third-order valence-electron chi connectivity index (χ3n) is 12.2. The summed E-state index contributed by atoms with van der Waals surface area (Å²) in [5.41, 5.74) is 15.5. The molecular formula is C48H33NO2. The quantitative estimate of drug-likeness (QED) is 0.186. The van der Waals surface area contributed by atoms with Crippen LogP contribution < -0.4 is 0 Å². The minimum Gasteiger partial charge on any atom is -0.456 e. The molecule has 1 saturated carbocycles. The van der Waals surface area contributed by atoms with Crippen LogP contribution in [0.4, 0.5) is 0 Å². The second-order valence-corrected chi connectivity index (χ2v) is 14.8. The highest BCUT2D eigenvalue weighted by atomic mass is 16.3. The molecule has 7 aromatic carbocycles. The molecule has 0 N–H and O–H groups in total. The zero-order valence-corrected chi connectivity index (χ0v) is 28.1. The largest absolute Gasteiger partial charge is 0.456 e. The topological polar surface area (TPSA) is 31.2 Å². The normalized spacial score (nSPS) is 15.2. The van der Waals surface area contributed by atoms with Gasteiger partial charge in [0.25, 0.3) is 0 Å². The van der Waals surface area contributed by atoms with Crippen molar-refractivity contribution in [3.8, 4) is 27.9 Å². The van der Waals surface area contributed by atoms with Crippen LogP contribution in [-0.2, 0) is 5.41 Å². The average Bonchev–Trinajstić information content (AvgIpc) is 3.91. The lowest BCUT2D eigenvalue weighted by Gasteiger charge is -2.35. The van der Waals surface area contributed by atoms with Crippen molar-refractivity contribution in [1.82, 2.24) is 4.57 Å². The monoisotopic (exact) mass is 655 g/mol. The van der Waals surface area contributed by atoms with Crippen LogP contribution in [-0.4, -0.2) is 4.57 Å². The van der Waals surface area contributed by atoms with Gasteiger partial charge in [-0.25, -0.2) is 0 Å². The lowest BCUT2D eigenvalue weighted by atomic mass is 9.68. The lowest BCUT2D eigenvalue weighted by molar-refractivity contribution is 0.353. The predicted octanol–water partition coefficient (Wildman–Crippen LogP) is 13.5. The van der Waals surface area contributed by atoms with Gasteiger partial charge in [-0.05, 0) is 107 Å². The molecule has 2 aliphatic rings. The first-order valence-corrected chi connectivity index (χ1v) is 18.3. The number of fused-ring (bicyclic) bond motifs is 14. The fourth-order valence-corrected chi connectivity index (χ4v) is 9.88. The highest BCUT2D eigenvalue weighted by Crippen LogP contribution is 2.57. The highest BCUT2D eigenvalue weighted by molar-refractivity contribution is 6.12. The fourth-order valence-electron chi connectivity index (χ4n) is 9.88. The molecular weight excluding hydrogens is 623 g/mol. The van der Waals surface area contributed by atoms with Gasteiger partial charge >= 0.3 is 0 Å². The molecule has 2 aliphatic carbocycles. The Balaban J connectivity index is 1.02. The van der Waals surface area contributed by atoms with Crippen LogP contribution in [0.1, 0.15) is 43.2 Å². The summed E-state index contributed by atoms with van der Waals surface area (Å²) in [6, 6.07) is 51.1. The summed E-state index contributed by atoms with van der Waals surface area (Å²) < 4.78 is 15.3. The molecule has 0 amide bonds. The minimum absolute atomic E-state index is 0.119. The van der Waals surface area contributed by atoms with E-state index in [4.69, 9.17) is 8.83 Å². The minimum atomic E-state index is 0.119. The number of furan rings is 2. The molecule has 12 rings (SSSR count). The molecule has 242 valence electrons. The molecule has 3 heterocycles. The van der Waals surface area contributed by atoms with E-state index >= 15 is 0 Å². The Morgan fingerprint density at radius 3 is 1.98 bits per heavy atom. The number of para-hydroxylation sites is 2. The fraction of sp³-hybridized carbons (Fsp3) is 0.125. The zero-order valence-electron chi connectivity index (χ0n) is 28.1. The van der Waals surface area contributed by atoms with Crippen molar-refractivity contribution in [2.75, 3.05) is 0 Å². The molecule has 3 heteroatoms. The van der Waals surface area contributed by atoms with E-state index in [-0.39, 0.29) is 5.41 Å². The number of aromatic nitrogens is 1. The number of hydrogen-bond acceptors (Lipinski definition) is 2. The van der Waals surface area contributed by atoms with Crippen molar-refractivity contribution < 1.29 is 8.83 Å². The van der Waals surface area contributed by atoms with E-state index in [2.05, 4.69) is 132 Å². The Labute approximate surface area is 294 Å². The predicted molar refractivity (Wildman–Crippen MR) is 210 cm³/mol. The smallest absolute Gasteiger partial charge is 0.137 e. The van der Waals surface area contributed by atoms with Crippen LogP contribution in [0.15, 0.2) is 148 Å². The second-order valence-electron chi connectivity index (χ2n) is 14.8. The van der Waals surface area contributed by atoms with E-state index in [0.29, 0.717) is 0 Å². The van der Waals surface area contributed by atoms with Gasteiger partial charge in [-0.1, -0.05) is 92.1 Å². The van der Waals surface area contributed by atoms with Gasteiger partial charge in [-0.3, -0.25) is 0 Å². The molecule has 1 spiro atoms. The first-order valence-electron chi connectivity index (χ1n) is 18.3. The van der Waals surface area contributed by atoms with Gasteiger partial charge in [-0.15, -0.1) is 0 Å². The van der Waals surface area contributed by atoms with E-state index in [9.17, 15) is 0 Å². The number of benzene rings is 7. The number of hydrogen-bond donors (Lipinski definition) is 0. The van der Waals surface area contributed by atoms with E-state index in [1.807, 2.05) is 12.1 Å². The molecule has 0 radical (unpaired) electrons. The third kappa shape index (κ3) is 3.73. The van der Waals surface area contributed by atoms with E-state index in [1.54, 1.807) is 0 Å². The summed E-state index contributed by atoms with van der Waals surface area (Å²) in [5.74, 6) is 0. The summed E-state index contributed by atoms with van der Waals surface area (Å²) >= 11 is 0. The zero-order chi connectivity index (χ0) is 33.3. The van der Waals surface area contributed by atoms with Crippen LogP contribution in [0, 0.1) is 0 Å². The van der Waals surface area contributed by atoms with Gasteiger partial charge in [0.15, 0.2) is 0 Å². The third-order valence-corrected chi connectivity index (χ3v) is 12.2. The summed E-state index contributed by atoms with van der Waals surface area (Å²) in [5, 5.41) is 7.18. The molecule has 0 bridgehead atoms. The number of nitrogens with zero attached hydrogens (tertiary/aromatic N) is 1. The Morgan fingerprint density at radius 1 is 0.412 bits per heavy atom. The first kappa shape index (κ1) is 27.7. The van der Waals surface area contributed by atoms with Crippen LogP contribution in [0.25, 0.3) is 93.6 Å². The molecule has 1 fully saturated rings. The lowest BCUT2D eigenvalue weighted by Crippen LogP contribution is -2.27. The Bertz CT molecular complexity index is 3070. The van der Waals surface area contributed by atoms with Crippen molar-refractivity contribution in [1.29, 1.82) is 0 Å². The second kappa shape index (κ2) is 10.0. The highest BCUT2D eigenvalue weighted by Gasteiger charge is 2.44. The molecule has 0 atom stereocenters.